The van der Waals surface area contributed by atoms with Crippen LogP contribution in [0.1, 0.15) is 64.7 Å². The number of hydrogen-bond donors (Lipinski definition) is 0. The van der Waals surface area contributed by atoms with Gasteiger partial charge >= 0.3 is 6.09 Å². The molecule has 0 aromatic heterocycles. The van der Waals surface area contributed by atoms with Gasteiger partial charge in [-0.2, -0.15) is 0 Å². The topological polar surface area (TPSA) is 29.5 Å². The Hall–Kier alpha value is -0.730. The van der Waals surface area contributed by atoms with Gasteiger partial charge < -0.3 is 9.64 Å². The van der Waals surface area contributed by atoms with Crippen LogP contribution in [0.2, 0.25) is 0 Å². The normalized spacial score (nSPS) is 26.2. The Labute approximate surface area is 105 Å². The molecular weight excluding hydrogens is 214 g/mol. The summed E-state index contributed by atoms with van der Waals surface area (Å²) >= 11 is 0. The van der Waals surface area contributed by atoms with Gasteiger partial charge in [0.15, 0.2) is 0 Å². The molecule has 2 rings (SSSR count). The number of nitrogens with zero attached hydrogens (tertiary/aromatic N) is 1. The summed E-state index contributed by atoms with van der Waals surface area (Å²) in [4.78, 5) is 14.1. The van der Waals surface area contributed by atoms with E-state index < -0.39 is 0 Å². The van der Waals surface area contributed by atoms with Crippen LogP contribution >= 0.6 is 0 Å². The second-order valence-electron chi connectivity index (χ2n) is 5.42. The van der Waals surface area contributed by atoms with E-state index in [1.807, 2.05) is 4.90 Å². The first-order valence-electron chi connectivity index (χ1n) is 7.28. The van der Waals surface area contributed by atoms with Crippen LogP contribution in [0, 0.1) is 0 Å². The predicted molar refractivity (Wildman–Crippen MR) is 68.0 cm³/mol. The third kappa shape index (κ3) is 3.36. The summed E-state index contributed by atoms with van der Waals surface area (Å²) < 4.78 is 5.61. The predicted octanol–water partition coefficient (Wildman–Crippen LogP) is 3.72. The van der Waals surface area contributed by atoms with Gasteiger partial charge in [0.2, 0.25) is 0 Å². The molecule has 3 nitrogen and oxygen atoms in total. The molecule has 0 aromatic carbocycles. The van der Waals surface area contributed by atoms with Gasteiger partial charge in [-0.05, 0) is 51.4 Å². The number of carbonyl (C=O) groups excluding carboxylic acids is 1. The van der Waals surface area contributed by atoms with Crippen LogP contribution in [0.5, 0.6) is 0 Å². The third-order valence-corrected chi connectivity index (χ3v) is 4.05. The number of ether oxygens (including phenoxy) is 1. The molecule has 0 bridgehead atoms. The monoisotopic (exact) mass is 239 g/mol. The Morgan fingerprint density at radius 3 is 2.59 bits per heavy atom. The molecule has 0 radical (unpaired) electrons. The Balaban J connectivity index is 1.86. The van der Waals surface area contributed by atoms with Crippen molar-refractivity contribution in [3.05, 3.63) is 0 Å². The lowest BCUT2D eigenvalue weighted by atomic mass is 9.99. The highest BCUT2D eigenvalue weighted by Gasteiger charge is 2.29. The zero-order valence-electron chi connectivity index (χ0n) is 11.0. The quantitative estimate of drug-likeness (QED) is 0.751. The van der Waals surface area contributed by atoms with Gasteiger partial charge in [-0.1, -0.05) is 13.3 Å². The molecule has 1 amide bonds. The van der Waals surface area contributed by atoms with Crippen LogP contribution in [-0.4, -0.2) is 29.7 Å². The van der Waals surface area contributed by atoms with Crippen molar-refractivity contribution >= 4 is 6.09 Å². The van der Waals surface area contributed by atoms with E-state index in [0.29, 0.717) is 6.04 Å². The molecule has 2 fully saturated rings. The van der Waals surface area contributed by atoms with Crippen molar-refractivity contribution in [3.8, 4) is 0 Å². The Morgan fingerprint density at radius 2 is 1.88 bits per heavy atom. The molecule has 0 N–H and O–H groups in total. The summed E-state index contributed by atoms with van der Waals surface area (Å²) in [6.07, 6.45) is 10.6. The average molecular weight is 239 g/mol. The summed E-state index contributed by atoms with van der Waals surface area (Å²) in [7, 11) is 0. The number of rotatable bonds is 3. The van der Waals surface area contributed by atoms with Gasteiger partial charge in [0.05, 0.1) is 0 Å². The van der Waals surface area contributed by atoms with E-state index in [0.717, 1.165) is 45.1 Å². The number of amides is 1. The molecule has 0 aromatic rings. The maximum atomic E-state index is 12.1. The lowest BCUT2D eigenvalue weighted by Gasteiger charge is -2.35. The lowest BCUT2D eigenvalue weighted by molar-refractivity contribution is 0.0422. The second kappa shape index (κ2) is 6.27. The minimum absolute atomic E-state index is 0.0462. The highest BCUT2D eigenvalue weighted by molar-refractivity contribution is 5.68. The molecule has 17 heavy (non-hydrogen) atoms. The molecule has 0 spiro atoms. The summed E-state index contributed by atoms with van der Waals surface area (Å²) in [6.45, 7) is 3.09. The van der Waals surface area contributed by atoms with Crippen LogP contribution in [0.4, 0.5) is 4.79 Å². The van der Waals surface area contributed by atoms with Crippen LogP contribution in [0.15, 0.2) is 0 Å². The van der Waals surface area contributed by atoms with E-state index in [1.165, 1.54) is 19.3 Å². The maximum Gasteiger partial charge on any atom is 0.410 e. The largest absolute Gasteiger partial charge is 0.446 e. The molecule has 1 saturated carbocycles. The minimum atomic E-state index is -0.0462. The van der Waals surface area contributed by atoms with Gasteiger partial charge in [0, 0.05) is 12.6 Å². The van der Waals surface area contributed by atoms with Crippen molar-refractivity contribution in [2.75, 3.05) is 6.54 Å². The molecule has 1 aliphatic heterocycles. The van der Waals surface area contributed by atoms with Crippen molar-refractivity contribution in [2.45, 2.75) is 76.9 Å². The minimum Gasteiger partial charge on any atom is -0.446 e. The standard InChI is InChI=1S/C14H25NO2/c1-2-7-12-8-5-6-11-15(12)14(16)17-13-9-3-4-10-13/h12-13H,2-11H2,1H3. The maximum absolute atomic E-state index is 12.1. The van der Waals surface area contributed by atoms with E-state index in [2.05, 4.69) is 6.92 Å². The molecule has 1 heterocycles. The molecular formula is C14H25NO2. The fraction of sp³-hybridized carbons (Fsp3) is 0.929. The number of hydrogen-bond acceptors (Lipinski definition) is 2. The molecule has 1 aliphatic carbocycles. The van der Waals surface area contributed by atoms with Crippen molar-refractivity contribution in [1.82, 2.24) is 4.90 Å². The first-order chi connectivity index (χ1) is 8.31. The summed E-state index contributed by atoms with van der Waals surface area (Å²) in [5.41, 5.74) is 0. The summed E-state index contributed by atoms with van der Waals surface area (Å²) in [5.74, 6) is 0. The van der Waals surface area contributed by atoms with Crippen LogP contribution in [0.3, 0.4) is 0 Å². The van der Waals surface area contributed by atoms with Gasteiger partial charge in [-0.25, -0.2) is 4.79 Å². The van der Waals surface area contributed by atoms with Crippen molar-refractivity contribution in [3.63, 3.8) is 0 Å². The van der Waals surface area contributed by atoms with E-state index in [4.69, 9.17) is 4.74 Å². The Bertz CT molecular complexity index is 247. The van der Waals surface area contributed by atoms with Crippen LogP contribution < -0.4 is 0 Å². The zero-order chi connectivity index (χ0) is 12.1. The Kier molecular flexibility index (Phi) is 4.69. The van der Waals surface area contributed by atoms with Gasteiger partial charge in [0.1, 0.15) is 6.10 Å². The van der Waals surface area contributed by atoms with Crippen molar-refractivity contribution in [2.24, 2.45) is 0 Å². The summed E-state index contributed by atoms with van der Waals surface area (Å²) in [5, 5.41) is 0. The van der Waals surface area contributed by atoms with Crippen LogP contribution in [0.25, 0.3) is 0 Å². The zero-order valence-corrected chi connectivity index (χ0v) is 11.0. The molecule has 1 saturated heterocycles. The van der Waals surface area contributed by atoms with Crippen molar-refractivity contribution in [1.29, 1.82) is 0 Å². The van der Waals surface area contributed by atoms with E-state index >= 15 is 0 Å². The Morgan fingerprint density at radius 1 is 1.18 bits per heavy atom. The highest BCUT2D eigenvalue weighted by atomic mass is 16.6. The molecule has 1 unspecified atom stereocenters. The van der Waals surface area contributed by atoms with Gasteiger partial charge in [-0.3, -0.25) is 0 Å². The molecule has 1 atom stereocenters. The van der Waals surface area contributed by atoms with Gasteiger partial charge in [-0.15, -0.1) is 0 Å². The molecule has 3 heteroatoms. The summed E-state index contributed by atoms with van der Waals surface area (Å²) in [6, 6.07) is 0.433. The molecule has 2 aliphatic rings. The first-order valence-corrected chi connectivity index (χ1v) is 7.28. The fourth-order valence-corrected chi connectivity index (χ4v) is 3.09. The van der Waals surface area contributed by atoms with E-state index in [-0.39, 0.29) is 12.2 Å². The fourth-order valence-electron chi connectivity index (χ4n) is 3.09. The van der Waals surface area contributed by atoms with E-state index in [9.17, 15) is 4.79 Å². The SMILES string of the molecule is CCCC1CCCCN1C(=O)OC1CCCC1. The lowest BCUT2D eigenvalue weighted by Crippen LogP contribution is -2.44. The highest BCUT2D eigenvalue weighted by Crippen LogP contribution is 2.25. The smallest absolute Gasteiger partial charge is 0.410 e. The average Bonchev–Trinajstić information content (AvgIpc) is 2.83. The van der Waals surface area contributed by atoms with E-state index in [1.54, 1.807) is 0 Å². The van der Waals surface area contributed by atoms with Gasteiger partial charge in [0.25, 0.3) is 0 Å². The number of piperidine rings is 1. The van der Waals surface area contributed by atoms with Crippen molar-refractivity contribution < 1.29 is 9.53 Å². The molecule has 98 valence electrons. The number of carbonyl (C=O) groups is 1. The third-order valence-electron chi connectivity index (χ3n) is 4.05. The second-order valence-corrected chi connectivity index (χ2v) is 5.42. The van der Waals surface area contributed by atoms with Crippen LogP contribution in [-0.2, 0) is 4.74 Å². The number of likely N-dealkylation sites (tertiary alicyclic amines) is 1. The first kappa shape index (κ1) is 12.7.